The van der Waals surface area contributed by atoms with Gasteiger partial charge >= 0.3 is 0 Å². The van der Waals surface area contributed by atoms with E-state index in [-0.39, 0.29) is 18.2 Å². The predicted octanol–water partition coefficient (Wildman–Crippen LogP) is 2.46. The third-order valence-electron chi connectivity index (χ3n) is 3.26. The molecule has 0 aliphatic carbocycles. The predicted molar refractivity (Wildman–Crippen MR) is 80.3 cm³/mol. The standard InChI is InChI=1S/C16H23N3O/c1-16(2,3)19-11-13(10-18-19)9-17-15(12-20)14-7-5-4-6-8-14/h4-8,10-11,15,17,20H,9,12H2,1-3H3/t15-/m0/s1. The van der Waals surface area contributed by atoms with E-state index in [2.05, 4.69) is 31.2 Å². The minimum Gasteiger partial charge on any atom is -0.394 e. The SMILES string of the molecule is CC(C)(C)n1cc(CN[C@@H](CO)c2ccccc2)cn1. The van der Waals surface area contributed by atoms with Gasteiger partial charge in [-0.2, -0.15) is 5.10 Å². The van der Waals surface area contributed by atoms with Crippen LogP contribution in [0.1, 0.15) is 37.9 Å². The number of rotatable bonds is 5. The molecule has 0 amide bonds. The van der Waals surface area contributed by atoms with Crippen LogP contribution in [0.5, 0.6) is 0 Å². The number of nitrogens with zero attached hydrogens (tertiary/aromatic N) is 2. The molecule has 0 aliphatic heterocycles. The molecule has 4 nitrogen and oxygen atoms in total. The number of benzene rings is 1. The van der Waals surface area contributed by atoms with Crippen LogP contribution in [-0.4, -0.2) is 21.5 Å². The molecule has 1 aromatic heterocycles. The van der Waals surface area contributed by atoms with Crippen molar-refractivity contribution >= 4 is 0 Å². The van der Waals surface area contributed by atoms with Crippen molar-refractivity contribution in [1.29, 1.82) is 0 Å². The summed E-state index contributed by atoms with van der Waals surface area (Å²) in [5.41, 5.74) is 2.21. The van der Waals surface area contributed by atoms with Gasteiger partial charge in [0, 0.05) is 18.3 Å². The Bertz CT molecular complexity index is 528. The molecule has 0 bridgehead atoms. The van der Waals surface area contributed by atoms with Crippen LogP contribution in [0.25, 0.3) is 0 Å². The average Bonchev–Trinajstić information content (AvgIpc) is 2.89. The zero-order valence-corrected chi connectivity index (χ0v) is 12.4. The van der Waals surface area contributed by atoms with Crippen LogP contribution >= 0.6 is 0 Å². The van der Waals surface area contributed by atoms with E-state index in [9.17, 15) is 5.11 Å². The lowest BCUT2D eigenvalue weighted by Gasteiger charge is -2.19. The van der Waals surface area contributed by atoms with Gasteiger partial charge in [-0.05, 0) is 26.3 Å². The van der Waals surface area contributed by atoms with Crippen LogP contribution in [0, 0.1) is 0 Å². The molecule has 0 saturated heterocycles. The fraction of sp³-hybridized carbons (Fsp3) is 0.438. The van der Waals surface area contributed by atoms with Gasteiger partial charge in [0.25, 0.3) is 0 Å². The highest BCUT2D eigenvalue weighted by atomic mass is 16.3. The molecule has 2 aromatic rings. The van der Waals surface area contributed by atoms with Crippen molar-refractivity contribution in [2.24, 2.45) is 0 Å². The minimum atomic E-state index is -0.0470. The number of hydrogen-bond acceptors (Lipinski definition) is 3. The lowest BCUT2D eigenvalue weighted by molar-refractivity contribution is 0.243. The third kappa shape index (κ3) is 3.68. The molecular formula is C16H23N3O. The first kappa shape index (κ1) is 14.8. The molecule has 108 valence electrons. The summed E-state index contributed by atoms with van der Waals surface area (Å²) in [5, 5.41) is 17.3. The maximum absolute atomic E-state index is 9.51. The number of aromatic nitrogens is 2. The topological polar surface area (TPSA) is 50.1 Å². The first-order chi connectivity index (χ1) is 9.50. The molecule has 20 heavy (non-hydrogen) atoms. The highest BCUT2D eigenvalue weighted by Crippen LogP contribution is 2.15. The molecule has 1 heterocycles. The summed E-state index contributed by atoms with van der Waals surface area (Å²) in [5.74, 6) is 0. The van der Waals surface area contributed by atoms with Gasteiger partial charge in [0.1, 0.15) is 0 Å². The molecule has 0 spiro atoms. The maximum atomic E-state index is 9.51. The summed E-state index contributed by atoms with van der Waals surface area (Å²) in [4.78, 5) is 0. The number of aliphatic hydroxyl groups excluding tert-OH is 1. The van der Waals surface area contributed by atoms with Crippen molar-refractivity contribution in [1.82, 2.24) is 15.1 Å². The third-order valence-corrected chi connectivity index (χ3v) is 3.26. The van der Waals surface area contributed by atoms with Gasteiger partial charge in [-0.15, -0.1) is 0 Å². The maximum Gasteiger partial charge on any atom is 0.0626 e. The quantitative estimate of drug-likeness (QED) is 0.880. The monoisotopic (exact) mass is 273 g/mol. The molecule has 1 aromatic carbocycles. The Labute approximate surface area is 120 Å². The molecule has 2 N–H and O–H groups in total. The number of nitrogens with one attached hydrogen (secondary N) is 1. The second kappa shape index (κ2) is 6.20. The van der Waals surface area contributed by atoms with Crippen LogP contribution in [0.2, 0.25) is 0 Å². The largest absolute Gasteiger partial charge is 0.394 e. The lowest BCUT2D eigenvalue weighted by atomic mass is 10.1. The Kier molecular flexibility index (Phi) is 4.57. The number of aliphatic hydroxyl groups is 1. The van der Waals surface area contributed by atoms with Gasteiger partial charge < -0.3 is 10.4 Å². The Morgan fingerprint density at radius 2 is 1.95 bits per heavy atom. The van der Waals surface area contributed by atoms with Crippen LogP contribution in [0.15, 0.2) is 42.7 Å². The van der Waals surface area contributed by atoms with Crippen molar-refractivity contribution in [3.05, 3.63) is 53.9 Å². The van der Waals surface area contributed by atoms with E-state index in [0.717, 1.165) is 11.1 Å². The fourth-order valence-electron chi connectivity index (χ4n) is 2.03. The average molecular weight is 273 g/mol. The van der Waals surface area contributed by atoms with E-state index in [0.29, 0.717) is 6.54 Å². The van der Waals surface area contributed by atoms with E-state index in [1.165, 1.54) is 0 Å². The Hall–Kier alpha value is -1.65. The van der Waals surface area contributed by atoms with Gasteiger partial charge in [-0.1, -0.05) is 30.3 Å². The normalized spacial score (nSPS) is 13.4. The molecule has 0 aliphatic rings. The van der Waals surface area contributed by atoms with Crippen molar-refractivity contribution in [3.63, 3.8) is 0 Å². The fourth-order valence-corrected chi connectivity index (χ4v) is 2.03. The van der Waals surface area contributed by atoms with Crippen molar-refractivity contribution < 1.29 is 5.11 Å². The van der Waals surface area contributed by atoms with Gasteiger partial charge in [0.15, 0.2) is 0 Å². The molecule has 4 heteroatoms. The highest BCUT2D eigenvalue weighted by Gasteiger charge is 2.14. The van der Waals surface area contributed by atoms with E-state index in [4.69, 9.17) is 0 Å². The molecule has 0 fully saturated rings. The Morgan fingerprint density at radius 3 is 2.50 bits per heavy atom. The molecule has 0 unspecified atom stereocenters. The van der Waals surface area contributed by atoms with Gasteiger partial charge in [0.2, 0.25) is 0 Å². The Morgan fingerprint density at radius 1 is 1.25 bits per heavy atom. The smallest absolute Gasteiger partial charge is 0.0626 e. The summed E-state index contributed by atoms with van der Waals surface area (Å²) in [6.07, 6.45) is 3.92. The summed E-state index contributed by atoms with van der Waals surface area (Å²) in [7, 11) is 0. The summed E-state index contributed by atoms with van der Waals surface area (Å²) in [6, 6.07) is 9.94. The van der Waals surface area contributed by atoms with E-state index in [1.54, 1.807) is 0 Å². The molecular weight excluding hydrogens is 250 g/mol. The molecule has 1 atom stereocenters. The van der Waals surface area contributed by atoms with Crippen LogP contribution in [-0.2, 0) is 12.1 Å². The number of hydrogen-bond donors (Lipinski definition) is 2. The van der Waals surface area contributed by atoms with Crippen molar-refractivity contribution in [2.45, 2.75) is 38.9 Å². The van der Waals surface area contributed by atoms with E-state index >= 15 is 0 Å². The van der Waals surface area contributed by atoms with Crippen molar-refractivity contribution in [2.75, 3.05) is 6.61 Å². The molecule has 0 radical (unpaired) electrons. The lowest BCUT2D eigenvalue weighted by Crippen LogP contribution is -2.24. The van der Waals surface area contributed by atoms with E-state index in [1.807, 2.05) is 47.4 Å². The minimum absolute atomic E-state index is 0.00589. The van der Waals surface area contributed by atoms with E-state index < -0.39 is 0 Å². The summed E-state index contributed by atoms with van der Waals surface area (Å²) in [6.45, 7) is 7.14. The van der Waals surface area contributed by atoms with Gasteiger partial charge in [-0.25, -0.2) is 0 Å². The first-order valence-corrected chi connectivity index (χ1v) is 6.94. The molecule has 2 rings (SSSR count). The van der Waals surface area contributed by atoms with Crippen LogP contribution < -0.4 is 5.32 Å². The Balaban J connectivity index is 1.99. The second-order valence-electron chi connectivity index (χ2n) is 5.99. The molecule has 0 saturated carbocycles. The summed E-state index contributed by atoms with van der Waals surface area (Å²) < 4.78 is 1.96. The van der Waals surface area contributed by atoms with Gasteiger partial charge in [-0.3, -0.25) is 4.68 Å². The highest BCUT2D eigenvalue weighted by molar-refractivity contribution is 5.19. The zero-order valence-electron chi connectivity index (χ0n) is 12.4. The van der Waals surface area contributed by atoms with Gasteiger partial charge in [0.05, 0.1) is 24.4 Å². The first-order valence-electron chi connectivity index (χ1n) is 6.94. The second-order valence-corrected chi connectivity index (χ2v) is 5.99. The van der Waals surface area contributed by atoms with Crippen molar-refractivity contribution in [3.8, 4) is 0 Å². The van der Waals surface area contributed by atoms with Crippen LogP contribution in [0.4, 0.5) is 0 Å². The zero-order chi connectivity index (χ0) is 14.6. The van der Waals surface area contributed by atoms with Crippen LogP contribution in [0.3, 0.4) is 0 Å². The summed E-state index contributed by atoms with van der Waals surface area (Å²) >= 11 is 0.